The first kappa shape index (κ1) is 16.7. The van der Waals surface area contributed by atoms with Crippen LogP contribution in [0.25, 0.3) is 22.9 Å². The maximum atomic E-state index is 5.21. The second-order valence-electron chi connectivity index (χ2n) is 5.78. The molecule has 0 bridgehead atoms. The van der Waals surface area contributed by atoms with Crippen LogP contribution in [0.15, 0.2) is 72.7 Å². The van der Waals surface area contributed by atoms with Crippen molar-refractivity contribution in [3.63, 3.8) is 0 Å². The van der Waals surface area contributed by atoms with Gasteiger partial charge in [-0.05, 0) is 59.2 Å². The highest BCUT2D eigenvalue weighted by Gasteiger charge is 2.12. The molecule has 0 fully saturated rings. The lowest BCUT2D eigenvalue weighted by molar-refractivity contribution is 0.415. The van der Waals surface area contributed by atoms with Crippen LogP contribution in [0.5, 0.6) is 5.75 Å². The molecule has 2 nitrogen and oxygen atoms in total. The van der Waals surface area contributed by atoms with Crippen LogP contribution in [0.2, 0.25) is 0 Å². The molecule has 0 unspecified atom stereocenters. The third-order valence-corrected chi connectivity index (χ3v) is 4.28. The molecular formula is C23H21NO. The normalized spacial score (nSPS) is 11.4. The number of rotatable bonds is 5. The smallest absolute Gasteiger partial charge is 0.119 e. The van der Waals surface area contributed by atoms with E-state index in [1.807, 2.05) is 55.5 Å². The van der Waals surface area contributed by atoms with Crippen LogP contribution in [-0.4, -0.2) is 12.8 Å². The minimum absolute atomic E-state index is 0.822. The summed E-state index contributed by atoms with van der Waals surface area (Å²) in [5, 5.41) is 2.33. The first-order valence-corrected chi connectivity index (χ1v) is 8.18. The summed E-state index contributed by atoms with van der Waals surface area (Å²) in [7, 11) is 1.66. The van der Waals surface area contributed by atoms with Crippen molar-refractivity contribution in [2.24, 2.45) is 4.99 Å². The van der Waals surface area contributed by atoms with E-state index < -0.39 is 0 Å². The number of aliphatic imine (C=N–C) groups is 1. The zero-order valence-electron chi connectivity index (χ0n) is 14.6. The van der Waals surface area contributed by atoms with E-state index in [1.54, 1.807) is 7.11 Å². The molecule has 3 rings (SSSR count). The van der Waals surface area contributed by atoms with Crippen molar-refractivity contribution in [1.29, 1.82) is 0 Å². The Morgan fingerprint density at radius 1 is 1.00 bits per heavy atom. The summed E-state index contributed by atoms with van der Waals surface area (Å²) in [6.07, 6.45) is 3.75. The molecule has 0 saturated heterocycles. The van der Waals surface area contributed by atoms with Crippen molar-refractivity contribution in [2.45, 2.75) is 6.92 Å². The van der Waals surface area contributed by atoms with Gasteiger partial charge in [0.1, 0.15) is 5.75 Å². The minimum atomic E-state index is 0.822. The molecule has 25 heavy (non-hydrogen) atoms. The Morgan fingerprint density at radius 2 is 1.72 bits per heavy atom. The minimum Gasteiger partial charge on any atom is -0.497 e. The highest BCUT2D eigenvalue weighted by Crippen LogP contribution is 2.30. The maximum Gasteiger partial charge on any atom is 0.119 e. The van der Waals surface area contributed by atoms with Gasteiger partial charge in [-0.1, -0.05) is 49.6 Å². The fourth-order valence-corrected chi connectivity index (χ4v) is 3.07. The number of ether oxygens (including phenoxy) is 1. The molecule has 3 aromatic carbocycles. The van der Waals surface area contributed by atoms with Crippen molar-refractivity contribution < 1.29 is 4.74 Å². The van der Waals surface area contributed by atoms with E-state index in [4.69, 9.17) is 9.73 Å². The summed E-state index contributed by atoms with van der Waals surface area (Å²) < 4.78 is 5.21. The number of fused-ring (bicyclic) bond motifs is 1. The Labute approximate surface area is 148 Å². The first-order valence-electron chi connectivity index (χ1n) is 8.18. The molecule has 0 aromatic heterocycles. The van der Waals surface area contributed by atoms with Gasteiger partial charge in [-0.2, -0.15) is 0 Å². The van der Waals surface area contributed by atoms with Crippen LogP contribution in [0.3, 0.4) is 0 Å². The van der Waals surface area contributed by atoms with E-state index in [2.05, 4.69) is 31.4 Å². The largest absolute Gasteiger partial charge is 0.497 e. The van der Waals surface area contributed by atoms with E-state index in [1.165, 1.54) is 5.39 Å². The van der Waals surface area contributed by atoms with Crippen molar-refractivity contribution in [3.8, 4) is 5.75 Å². The Hall–Kier alpha value is -3.13. The summed E-state index contributed by atoms with van der Waals surface area (Å²) in [5.41, 5.74) is 5.05. The molecule has 2 heteroatoms. The van der Waals surface area contributed by atoms with Gasteiger partial charge in [0, 0.05) is 11.3 Å². The highest BCUT2D eigenvalue weighted by atomic mass is 16.5. The zero-order valence-corrected chi connectivity index (χ0v) is 14.6. The Bertz CT molecular complexity index is 965. The predicted octanol–water partition coefficient (Wildman–Crippen LogP) is 6.28. The van der Waals surface area contributed by atoms with E-state index in [9.17, 15) is 0 Å². The molecule has 0 radical (unpaired) electrons. The van der Waals surface area contributed by atoms with Gasteiger partial charge in [-0.3, -0.25) is 4.99 Å². The summed E-state index contributed by atoms with van der Waals surface area (Å²) >= 11 is 0. The molecule has 3 aromatic rings. The van der Waals surface area contributed by atoms with Crippen molar-refractivity contribution in [1.82, 2.24) is 0 Å². The van der Waals surface area contributed by atoms with E-state index in [-0.39, 0.29) is 0 Å². The molecule has 0 atom stereocenters. The van der Waals surface area contributed by atoms with Gasteiger partial charge < -0.3 is 4.74 Å². The molecule has 0 aliphatic carbocycles. The second-order valence-corrected chi connectivity index (χ2v) is 5.78. The van der Waals surface area contributed by atoms with Gasteiger partial charge in [0.25, 0.3) is 0 Å². The predicted molar refractivity (Wildman–Crippen MR) is 109 cm³/mol. The first-order chi connectivity index (χ1) is 12.2. The second kappa shape index (κ2) is 7.18. The van der Waals surface area contributed by atoms with Crippen LogP contribution in [-0.2, 0) is 0 Å². The number of benzene rings is 3. The van der Waals surface area contributed by atoms with Gasteiger partial charge >= 0.3 is 0 Å². The Balaban J connectivity index is 2.22. The summed E-state index contributed by atoms with van der Waals surface area (Å²) in [6, 6.07) is 18.2. The SMILES string of the molecule is C=Cc1cc2ccccc2c(C(C)=Nc2ccc(OC)cc2)c1C=C. The molecule has 0 heterocycles. The molecule has 0 aliphatic rings. The lowest BCUT2D eigenvalue weighted by atomic mass is 9.91. The van der Waals surface area contributed by atoms with Crippen LogP contribution in [0.4, 0.5) is 5.69 Å². The monoisotopic (exact) mass is 327 g/mol. The molecule has 0 N–H and O–H groups in total. The molecular weight excluding hydrogens is 306 g/mol. The molecule has 0 aliphatic heterocycles. The quantitative estimate of drug-likeness (QED) is 0.506. The summed E-state index contributed by atoms with van der Waals surface area (Å²) in [4.78, 5) is 4.82. The standard InChI is InChI=1S/C23H21NO/c1-5-17-15-18-9-7-8-10-22(18)23(21(17)6-2)16(3)24-19-11-13-20(25-4)14-12-19/h5-15H,1-2H2,3-4H3. The van der Waals surface area contributed by atoms with Crippen molar-refractivity contribution in [2.75, 3.05) is 7.11 Å². The third-order valence-electron chi connectivity index (χ3n) is 4.28. The topological polar surface area (TPSA) is 21.6 Å². The van der Waals surface area contributed by atoms with E-state index in [0.29, 0.717) is 0 Å². The van der Waals surface area contributed by atoms with Crippen LogP contribution < -0.4 is 4.74 Å². The number of nitrogens with zero attached hydrogens (tertiary/aromatic N) is 1. The third kappa shape index (κ3) is 3.24. The van der Waals surface area contributed by atoms with Crippen LogP contribution in [0.1, 0.15) is 23.6 Å². The Morgan fingerprint density at radius 3 is 2.36 bits per heavy atom. The lowest BCUT2D eigenvalue weighted by Gasteiger charge is -2.14. The van der Waals surface area contributed by atoms with E-state index in [0.717, 1.165) is 39.2 Å². The van der Waals surface area contributed by atoms with Gasteiger partial charge in [0.05, 0.1) is 12.8 Å². The summed E-state index contributed by atoms with van der Waals surface area (Å²) in [6.45, 7) is 9.98. The van der Waals surface area contributed by atoms with Gasteiger partial charge in [-0.25, -0.2) is 0 Å². The van der Waals surface area contributed by atoms with Gasteiger partial charge in [0.15, 0.2) is 0 Å². The summed E-state index contributed by atoms with van der Waals surface area (Å²) in [5.74, 6) is 0.822. The molecule has 124 valence electrons. The fourth-order valence-electron chi connectivity index (χ4n) is 3.07. The molecule has 0 spiro atoms. The average molecular weight is 327 g/mol. The van der Waals surface area contributed by atoms with Crippen LogP contribution in [0, 0.1) is 0 Å². The molecule has 0 amide bonds. The van der Waals surface area contributed by atoms with Gasteiger partial charge in [-0.15, -0.1) is 0 Å². The number of hydrogen-bond donors (Lipinski definition) is 0. The van der Waals surface area contributed by atoms with Crippen LogP contribution >= 0.6 is 0 Å². The lowest BCUT2D eigenvalue weighted by Crippen LogP contribution is -2.01. The zero-order chi connectivity index (χ0) is 17.8. The number of hydrogen-bond acceptors (Lipinski definition) is 2. The highest BCUT2D eigenvalue weighted by molar-refractivity contribution is 6.14. The number of methoxy groups -OCH3 is 1. The maximum absolute atomic E-state index is 5.21. The fraction of sp³-hybridized carbons (Fsp3) is 0.0870. The van der Waals surface area contributed by atoms with Crippen molar-refractivity contribution >= 4 is 34.3 Å². The molecule has 0 saturated carbocycles. The average Bonchev–Trinajstić information content (AvgIpc) is 2.66. The Kier molecular flexibility index (Phi) is 4.80. The van der Waals surface area contributed by atoms with Gasteiger partial charge in [0.2, 0.25) is 0 Å². The van der Waals surface area contributed by atoms with E-state index >= 15 is 0 Å². The van der Waals surface area contributed by atoms with Crippen molar-refractivity contribution in [3.05, 3.63) is 84.4 Å².